The van der Waals surface area contributed by atoms with Gasteiger partial charge in [-0.25, -0.2) is 4.98 Å². The van der Waals surface area contributed by atoms with Gasteiger partial charge in [0.1, 0.15) is 23.8 Å². The van der Waals surface area contributed by atoms with E-state index in [1.165, 1.54) is 13.8 Å². The molecule has 10 N–H and O–H groups in total. The highest BCUT2D eigenvalue weighted by molar-refractivity contribution is 5.76. The van der Waals surface area contributed by atoms with Gasteiger partial charge in [-0.2, -0.15) is 15.5 Å². The van der Waals surface area contributed by atoms with Crippen molar-refractivity contribution in [3.63, 3.8) is 0 Å². The fraction of sp³-hybridized carbons (Fsp3) is 0.583. The number of aliphatic hydroxyl groups is 1. The fourth-order valence-electron chi connectivity index (χ4n) is 0.455. The Morgan fingerprint density at radius 1 is 1.40 bits per heavy atom. The van der Waals surface area contributed by atoms with E-state index in [-0.39, 0.29) is 23.4 Å². The molecule has 0 aliphatic carbocycles. The Kier molecular flexibility index (Phi) is 85.9. The first kappa shape index (κ1) is 43.3. The number of rotatable bonds is 0. The molecule has 0 spiro atoms. The van der Waals surface area contributed by atoms with Crippen molar-refractivity contribution in [3.8, 4) is 6.07 Å². The van der Waals surface area contributed by atoms with E-state index < -0.39 is 0 Å². The Balaban J connectivity index is -0.0000000326. The van der Waals surface area contributed by atoms with Crippen molar-refractivity contribution < 1.29 is 9.90 Å². The number of hydrogen-bond acceptors (Lipinski definition) is 9. The highest BCUT2D eigenvalue weighted by Crippen LogP contribution is 1.83. The number of amidine groups is 1. The lowest BCUT2D eigenvalue weighted by atomic mass is 10.7. The number of aldehydes is 1. The number of nitrogens with one attached hydrogen (secondary N) is 1. The minimum atomic E-state index is 0. The lowest BCUT2D eigenvalue weighted by Crippen LogP contribution is -2.07. The van der Waals surface area contributed by atoms with Crippen LogP contribution in [-0.4, -0.2) is 55.8 Å². The first-order valence-corrected chi connectivity index (χ1v) is 6.31. The summed E-state index contributed by atoms with van der Waals surface area (Å²) in [5.41, 5.74) is 4.92. The van der Waals surface area contributed by atoms with Gasteiger partial charge in [0, 0.05) is 30.4 Å². The largest absolute Gasteiger partial charge is 0.397 e. The number of carbonyl (C=O) groups excluding carboxylic acids is 1. The van der Waals surface area contributed by atoms with Gasteiger partial charge in [-0.05, 0) is 34.6 Å². The maximum absolute atomic E-state index is 8.81. The molecule has 0 aliphatic rings. The second kappa shape index (κ2) is 49.6. The minimum absolute atomic E-state index is 0. The number of aliphatic hydroxyl groups excluding tert-OH is 1. The minimum Gasteiger partial charge on any atom is -0.397 e. The summed E-state index contributed by atoms with van der Waals surface area (Å²) in [5.74, 6) is 14.7. The van der Waals surface area contributed by atoms with Crippen LogP contribution >= 0.6 is 0 Å². The fourth-order valence-corrected chi connectivity index (χ4v) is 0.455. The van der Waals surface area contributed by atoms with E-state index in [9.17, 15) is 0 Å². The Bertz CT molecular complexity index is 376. The van der Waals surface area contributed by atoms with Crippen LogP contribution in [-0.2, 0) is 4.79 Å². The Hall–Kier alpha value is -2.42. The molecule has 1 aromatic heterocycles. The number of nitriles is 1. The van der Waals surface area contributed by atoms with Crippen molar-refractivity contribution in [2.45, 2.75) is 41.5 Å². The van der Waals surface area contributed by atoms with Crippen LogP contribution in [0.25, 0.3) is 0 Å². The number of hydrazine groups is 1. The quantitative estimate of drug-likeness (QED) is 0.0790. The van der Waals surface area contributed by atoms with Crippen LogP contribution in [0, 0.1) is 25.2 Å². The molecule has 0 aliphatic heterocycles. The zero-order valence-corrected chi connectivity index (χ0v) is 15.9. The average molecular weight is 355 g/mol. The number of hydrazone groups is 1. The van der Waals surface area contributed by atoms with Crippen LogP contribution in [0.5, 0.6) is 0 Å². The second-order valence-corrected chi connectivity index (χ2v) is 3.01. The van der Waals surface area contributed by atoms with Crippen LogP contribution in [0.4, 0.5) is 0 Å². The van der Waals surface area contributed by atoms with Crippen LogP contribution in [0.1, 0.15) is 39.3 Å². The lowest BCUT2D eigenvalue weighted by Gasteiger charge is -1.75. The highest BCUT2D eigenvalue weighted by atomic mass is 16.2. The molecule has 0 aromatic carbocycles. The lowest BCUT2D eigenvalue weighted by molar-refractivity contribution is -0.106. The average Bonchev–Trinajstić information content (AvgIpc) is 2.88. The molecule has 25 heavy (non-hydrogen) atoms. The first-order valence-electron chi connectivity index (χ1n) is 6.31. The van der Waals surface area contributed by atoms with Crippen molar-refractivity contribution in [1.82, 2.24) is 15.2 Å². The van der Waals surface area contributed by atoms with Crippen molar-refractivity contribution in [2.24, 2.45) is 28.4 Å². The van der Waals surface area contributed by atoms with Gasteiger partial charge < -0.3 is 21.5 Å². The summed E-state index contributed by atoms with van der Waals surface area (Å²) in [7, 11) is 0. The van der Waals surface area contributed by atoms with Crippen LogP contribution in [0.3, 0.4) is 0 Å². The van der Waals surface area contributed by atoms with Crippen LogP contribution in [0.15, 0.2) is 5.10 Å². The van der Waals surface area contributed by atoms with E-state index in [1.54, 1.807) is 19.9 Å². The molecule has 1 aromatic rings. The molecule has 0 atom stereocenters. The SMILES string of the molecule is C/C(N)=N/N.CC#N.CC=O.CCO.Cc1n[nH]c(C)n1.NN.[B].[B]. The summed E-state index contributed by atoms with van der Waals surface area (Å²) in [5, 5.41) is 24.5. The third-order valence-electron chi connectivity index (χ3n) is 0.913. The van der Waals surface area contributed by atoms with Gasteiger partial charge in [0.25, 0.3) is 0 Å². The molecule has 11 nitrogen and oxygen atoms in total. The summed E-state index contributed by atoms with van der Waals surface area (Å²) in [4.78, 5) is 12.8. The number of hydrogen-bond donors (Lipinski definition) is 6. The molecule has 1 heterocycles. The Morgan fingerprint density at radius 3 is 1.68 bits per heavy atom. The normalized spacial score (nSPS) is 6.80. The predicted molar refractivity (Wildman–Crippen MR) is 103 cm³/mol. The summed E-state index contributed by atoms with van der Waals surface area (Å²) in [6, 6.07) is 1.75. The topological polar surface area (TPSA) is 219 Å². The van der Waals surface area contributed by atoms with Crippen molar-refractivity contribution in [3.05, 3.63) is 11.6 Å². The standard InChI is InChI=1S/C4H7N3.C2H7N3.C2H3N.C2H6O.C2H4O.2B.H4N2/c1-3-5-4(2)7-6-3;1-2(3)5-4;3*1-2-3;;;1-2/h1-2H3,(H,5,6,7);4H2,1H3,(H2,3,5);1H3;3H,2H2,1H3;2H,1H3;;;1-2H2. The van der Waals surface area contributed by atoms with Gasteiger partial charge >= 0.3 is 0 Å². The van der Waals surface area contributed by atoms with Gasteiger partial charge in [-0.15, -0.1) is 0 Å². The Morgan fingerprint density at radius 2 is 1.64 bits per heavy atom. The van der Waals surface area contributed by atoms with E-state index in [0.717, 1.165) is 17.9 Å². The smallest absolute Gasteiger partial charge is 0.147 e. The van der Waals surface area contributed by atoms with Gasteiger partial charge in [0.05, 0.1) is 6.07 Å². The zero-order valence-electron chi connectivity index (χ0n) is 15.9. The molecular weight excluding hydrogens is 324 g/mol. The zero-order chi connectivity index (χ0) is 19.7. The maximum Gasteiger partial charge on any atom is 0.147 e. The molecule has 0 amide bonds. The molecule has 142 valence electrons. The van der Waals surface area contributed by atoms with E-state index >= 15 is 0 Å². The molecule has 1 rings (SSSR count). The second-order valence-electron chi connectivity index (χ2n) is 3.01. The highest BCUT2D eigenvalue weighted by Gasteiger charge is 1.86. The van der Waals surface area contributed by atoms with Gasteiger partial charge in [-0.3, -0.25) is 16.8 Å². The molecule has 13 heteroatoms. The molecule has 0 unspecified atom stereocenters. The third-order valence-corrected chi connectivity index (χ3v) is 0.913. The summed E-state index contributed by atoms with van der Waals surface area (Å²) in [6.07, 6.45) is 0.750. The number of nitrogens with two attached hydrogens (primary N) is 4. The molecular formula is C12H31B2N9O2. The number of carbonyl (C=O) groups is 1. The molecule has 0 bridgehead atoms. The van der Waals surface area contributed by atoms with Crippen molar-refractivity contribution in [1.29, 1.82) is 5.26 Å². The summed E-state index contributed by atoms with van der Waals surface area (Å²) >= 11 is 0. The first-order chi connectivity index (χ1) is 10.8. The number of aryl methyl sites for hydroxylation is 2. The number of aromatic nitrogens is 3. The molecule has 6 radical (unpaired) electrons. The third kappa shape index (κ3) is 112. The summed E-state index contributed by atoms with van der Waals surface area (Å²) < 4.78 is 0. The molecule has 0 saturated carbocycles. The molecule has 0 fully saturated rings. The van der Waals surface area contributed by atoms with Crippen LogP contribution < -0.4 is 23.3 Å². The molecule has 0 saturated heterocycles. The van der Waals surface area contributed by atoms with Crippen molar-refractivity contribution in [2.75, 3.05) is 6.61 Å². The van der Waals surface area contributed by atoms with Gasteiger partial charge in [0.15, 0.2) is 0 Å². The number of nitrogens with zero attached hydrogens (tertiary/aromatic N) is 4. The predicted octanol–water partition coefficient (Wildman–Crippen LogP) is -1.55. The van der Waals surface area contributed by atoms with Gasteiger partial charge in [0.2, 0.25) is 0 Å². The number of H-pyrrole nitrogens is 1. The van der Waals surface area contributed by atoms with E-state index in [1.807, 2.05) is 13.8 Å². The van der Waals surface area contributed by atoms with E-state index in [2.05, 4.69) is 37.8 Å². The maximum atomic E-state index is 8.81. The summed E-state index contributed by atoms with van der Waals surface area (Å²) in [6.45, 7) is 10.2. The monoisotopic (exact) mass is 355 g/mol. The van der Waals surface area contributed by atoms with Crippen molar-refractivity contribution >= 4 is 28.9 Å². The number of aromatic amines is 1. The van der Waals surface area contributed by atoms with Gasteiger partial charge in [-0.1, -0.05) is 0 Å². The van der Waals surface area contributed by atoms with Crippen LogP contribution in [0.2, 0.25) is 0 Å². The van der Waals surface area contributed by atoms with E-state index in [0.29, 0.717) is 5.84 Å². The Labute approximate surface area is 154 Å². The van der Waals surface area contributed by atoms with E-state index in [4.69, 9.17) is 20.9 Å².